The van der Waals surface area contributed by atoms with Crippen LogP contribution in [0, 0.1) is 0 Å². The Balaban J connectivity index is 1.59. The quantitative estimate of drug-likeness (QED) is 0.587. The third-order valence-corrected chi connectivity index (χ3v) is 4.08. The van der Waals surface area contributed by atoms with E-state index in [0.717, 1.165) is 10.0 Å². The maximum absolute atomic E-state index is 12.2. The summed E-state index contributed by atoms with van der Waals surface area (Å²) >= 11 is 3.41. The number of carbonyl (C=O) groups excluding carboxylic acids is 1. The number of para-hydroxylation sites is 2. The SMILES string of the molecule is O=C(/C=C/c1cccc(Br)c1)Nc1ccccc1OCCn1ccnc1. The summed E-state index contributed by atoms with van der Waals surface area (Å²) in [6.07, 6.45) is 8.62. The number of rotatable bonds is 7. The van der Waals surface area contributed by atoms with Gasteiger partial charge < -0.3 is 14.6 Å². The summed E-state index contributed by atoms with van der Waals surface area (Å²) in [5.41, 5.74) is 1.58. The maximum atomic E-state index is 12.2. The molecule has 0 aliphatic heterocycles. The van der Waals surface area contributed by atoms with Gasteiger partial charge in [0.25, 0.3) is 0 Å². The van der Waals surface area contributed by atoms with E-state index in [1.165, 1.54) is 6.08 Å². The van der Waals surface area contributed by atoms with Gasteiger partial charge in [-0.2, -0.15) is 0 Å². The molecule has 26 heavy (non-hydrogen) atoms. The fourth-order valence-electron chi connectivity index (χ4n) is 2.33. The van der Waals surface area contributed by atoms with Crippen LogP contribution in [0.1, 0.15) is 5.56 Å². The van der Waals surface area contributed by atoms with Gasteiger partial charge in [0.1, 0.15) is 12.4 Å². The summed E-state index contributed by atoms with van der Waals surface area (Å²) < 4.78 is 8.70. The predicted octanol–water partition coefficient (Wildman–Crippen LogP) is 4.38. The Morgan fingerprint density at radius 3 is 2.92 bits per heavy atom. The molecule has 5 nitrogen and oxygen atoms in total. The van der Waals surface area contributed by atoms with E-state index in [-0.39, 0.29) is 5.91 Å². The van der Waals surface area contributed by atoms with E-state index in [9.17, 15) is 4.79 Å². The number of halogens is 1. The Labute approximate surface area is 160 Å². The van der Waals surface area contributed by atoms with Crippen LogP contribution in [-0.4, -0.2) is 22.1 Å². The van der Waals surface area contributed by atoms with Gasteiger partial charge in [0.15, 0.2) is 0 Å². The molecule has 3 rings (SSSR count). The van der Waals surface area contributed by atoms with Crippen LogP contribution in [0.3, 0.4) is 0 Å². The number of aromatic nitrogens is 2. The van der Waals surface area contributed by atoms with Gasteiger partial charge in [-0.3, -0.25) is 4.79 Å². The number of carbonyl (C=O) groups is 1. The van der Waals surface area contributed by atoms with Crippen LogP contribution >= 0.6 is 15.9 Å². The number of hydrogen-bond donors (Lipinski definition) is 1. The highest BCUT2D eigenvalue weighted by molar-refractivity contribution is 9.10. The Morgan fingerprint density at radius 2 is 2.12 bits per heavy atom. The minimum atomic E-state index is -0.212. The molecule has 0 spiro atoms. The number of ether oxygens (including phenoxy) is 1. The average molecular weight is 412 g/mol. The number of amides is 1. The number of nitrogens with one attached hydrogen (secondary N) is 1. The first-order chi connectivity index (χ1) is 12.7. The number of nitrogens with zero attached hydrogens (tertiary/aromatic N) is 2. The monoisotopic (exact) mass is 411 g/mol. The van der Waals surface area contributed by atoms with Crippen LogP contribution in [-0.2, 0) is 11.3 Å². The molecule has 0 bridgehead atoms. The molecule has 1 N–H and O–H groups in total. The Morgan fingerprint density at radius 1 is 1.23 bits per heavy atom. The standard InChI is InChI=1S/C20H18BrN3O2/c21-17-5-3-4-16(14-17)8-9-20(25)23-18-6-1-2-7-19(18)26-13-12-24-11-10-22-15-24/h1-11,14-15H,12-13H2,(H,23,25)/b9-8+. The summed E-state index contributed by atoms with van der Waals surface area (Å²) in [5, 5.41) is 2.86. The second kappa shape index (κ2) is 9.01. The lowest BCUT2D eigenvalue weighted by Crippen LogP contribution is -2.11. The van der Waals surface area contributed by atoms with Gasteiger partial charge in [-0.1, -0.05) is 40.2 Å². The van der Waals surface area contributed by atoms with Crippen molar-refractivity contribution in [2.24, 2.45) is 0 Å². The lowest BCUT2D eigenvalue weighted by Gasteiger charge is -2.11. The van der Waals surface area contributed by atoms with E-state index in [1.54, 1.807) is 18.6 Å². The normalized spacial score (nSPS) is 10.8. The van der Waals surface area contributed by atoms with Crippen LogP contribution in [0.5, 0.6) is 5.75 Å². The molecule has 0 saturated carbocycles. The topological polar surface area (TPSA) is 56.1 Å². The molecule has 0 aliphatic rings. The van der Waals surface area contributed by atoms with Crippen molar-refractivity contribution in [1.82, 2.24) is 9.55 Å². The summed E-state index contributed by atoms with van der Waals surface area (Å²) in [6, 6.07) is 15.1. The van der Waals surface area contributed by atoms with Gasteiger partial charge in [-0.15, -0.1) is 0 Å². The lowest BCUT2D eigenvalue weighted by molar-refractivity contribution is -0.111. The zero-order valence-corrected chi connectivity index (χ0v) is 15.6. The van der Waals surface area contributed by atoms with Crippen LogP contribution in [0.4, 0.5) is 5.69 Å². The number of hydrogen-bond acceptors (Lipinski definition) is 3. The molecule has 132 valence electrons. The number of imidazole rings is 1. The fourth-order valence-corrected chi connectivity index (χ4v) is 2.75. The molecular formula is C20H18BrN3O2. The highest BCUT2D eigenvalue weighted by Gasteiger charge is 2.05. The zero-order chi connectivity index (χ0) is 18.2. The minimum Gasteiger partial charge on any atom is -0.490 e. The number of anilines is 1. The van der Waals surface area contributed by atoms with Crippen molar-refractivity contribution in [1.29, 1.82) is 0 Å². The van der Waals surface area contributed by atoms with Gasteiger partial charge in [0.05, 0.1) is 18.6 Å². The maximum Gasteiger partial charge on any atom is 0.248 e. The zero-order valence-electron chi connectivity index (χ0n) is 14.0. The highest BCUT2D eigenvalue weighted by atomic mass is 79.9. The van der Waals surface area contributed by atoms with Crippen molar-refractivity contribution in [3.63, 3.8) is 0 Å². The van der Waals surface area contributed by atoms with E-state index in [4.69, 9.17) is 4.74 Å². The molecule has 3 aromatic rings. The lowest BCUT2D eigenvalue weighted by atomic mass is 10.2. The largest absolute Gasteiger partial charge is 0.490 e. The fraction of sp³-hybridized carbons (Fsp3) is 0.100. The smallest absolute Gasteiger partial charge is 0.248 e. The first-order valence-corrected chi connectivity index (χ1v) is 8.92. The Hall–Kier alpha value is -2.86. The van der Waals surface area contributed by atoms with E-state index >= 15 is 0 Å². The van der Waals surface area contributed by atoms with Crippen LogP contribution in [0.15, 0.2) is 77.8 Å². The van der Waals surface area contributed by atoms with Crippen molar-refractivity contribution in [3.05, 3.63) is 83.4 Å². The van der Waals surface area contributed by atoms with Gasteiger partial charge in [0.2, 0.25) is 5.91 Å². The molecule has 1 aromatic heterocycles. The van der Waals surface area contributed by atoms with Gasteiger partial charge in [-0.25, -0.2) is 4.98 Å². The summed E-state index contributed by atoms with van der Waals surface area (Å²) in [7, 11) is 0. The minimum absolute atomic E-state index is 0.212. The third-order valence-electron chi connectivity index (χ3n) is 3.59. The Bertz CT molecular complexity index is 892. The predicted molar refractivity (Wildman–Crippen MR) is 106 cm³/mol. The van der Waals surface area contributed by atoms with E-state index in [1.807, 2.05) is 59.3 Å². The molecule has 0 radical (unpaired) electrons. The van der Waals surface area contributed by atoms with E-state index in [0.29, 0.717) is 24.6 Å². The third kappa shape index (κ3) is 5.32. The van der Waals surface area contributed by atoms with Crippen LogP contribution < -0.4 is 10.1 Å². The van der Waals surface area contributed by atoms with Gasteiger partial charge in [-0.05, 0) is 35.9 Å². The van der Waals surface area contributed by atoms with Gasteiger partial charge >= 0.3 is 0 Å². The molecule has 0 fully saturated rings. The molecule has 2 aromatic carbocycles. The molecule has 1 heterocycles. The van der Waals surface area contributed by atoms with Gasteiger partial charge in [0, 0.05) is 22.9 Å². The first kappa shape index (κ1) is 17.9. The summed E-state index contributed by atoms with van der Waals surface area (Å²) in [5.74, 6) is 0.424. The van der Waals surface area contributed by atoms with Crippen molar-refractivity contribution in [2.75, 3.05) is 11.9 Å². The highest BCUT2D eigenvalue weighted by Crippen LogP contribution is 2.24. The molecule has 6 heteroatoms. The van der Waals surface area contributed by atoms with Crippen molar-refractivity contribution < 1.29 is 9.53 Å². The second-order valence-electron chi connectivity index (χ2n) is 5.52. The second-order valence-corrected chi connectivity index (χ2v) is 6.44. The van der Waals surface area contributed by atoms with Crippen LogP contribution in [0.25, 0.3) is 6.08 Å². The van der Waals surface area contributed by atoms with Crippen molar-refractivity contribution in [3.8, 4) is 5.75 Å². The molecule has 0 aliphatic carbocycles. The number of benzene rings is 2. The van der Waals surface area contributed by atoms with Crippen molar-refractivity contribution in [2.45, 2.75) is 6.54 Å². The molecule has 0 atom stereocenters. The van der Waals surface area contributed by atoms with E-state index < -0.39 is 0 Å². The molecule has 0 unspecified atom stereocenters. The molecule has 1 amide bonds. The molecule has 0 saturated heterocycles. The van der Waals surface area contributed by atoms with E-state index in [2.05, 4.69) is 26.2 Å². The van der Waals surface area contributed by atoms with Crippen molar-refractivity contribution >= 4 is 33.6 Å². The first-order valence-electron chi connectivity index (χ1n) is 8.13. The summed E-state index contributed by atoms with van der Waals surface area (Å²) in [4.78, 5) is 16.2. The Kier molecular flexibility index (Phi) is 6.22. The molecular weight excluding hydrogens is 394 g/mol. The van der Waals surface area contributed by atoms with Crippen LogP contribution in [0.2, 0.25) is 0 Å². The summed E-state index contributed by atoms with van der Waals surface area (Å²) in [6.45, 7) is 1.17. The average Bonchev–Trinajstić information content (AvgIpc) is 3.15.